The van der Waals surface area contributed by atoms with Crippen LogP contribution < -0.4 is 0 Å². The van der Waals surface area contributed by atoms with Crippen molar-refractivity contribution >= 4 is 11.6 Å². The molecule has 33 heavy (non-hydrogen) atoms. The monoisotopic (exact) mass is 432 g/mol. The van der Waals surface area contributed by atoms with Crippen LogP contribution in [0.2, 0.25) is 0 Å². The quantitative estimate of drug-likeness (QED) is 0.401. The van der Waals surface area contributed by atoms with Crippen molar-refractivity contribution in [3.63, 3.8) is 0 Å². The maximum Gasteiger partial charge on any atom is 0.0123 e. The normalized spacial score (nSPS) is 27.6. The number of allylic oxidation sites excluding steroid dienone is 4. The van der Waals surface area contributed by atoms with Gasteiger partial charge in [0.1, 0.15) is 0 Å². The lowest BCUT2D eigenvalue weighted by Crippen LogP contribution is -2.24. The van der Waals surface area contributed by atoms with Crippen LogP contribution in [0.25, 0.3) is 11.6 Å². The molecule has 0 heterocycles. The Bertz CT molecular complexity index is 1190. The van der Waals surface area contributed by atoms with Gasteiger partial charge in [-0.15, -0.1) is 5.92 Å². The molecule has 3 aliphatic carbocycles. The van der Waals surface area contributed by atoms with E-state index in [2.05, 4.69) is 86.9 Å². The SMILES string of the molecule is C=Cc1ccccc1C1=CC(C2Cc3ccccc3C(C)C2)=C(C#CC)C2(CCCC)CC12. The minimum absolute atomic E-state index is 0.243. The van der Waals surface area contributed by atoms with Crippen LogP contribution >= 0.6 is 0 Å². The Morgan fingerprint density at radius 3 is 2.70 bits per heavy atom. The maximum absolute atomic E-state index is 4.12. The van der Waals surface area contributed by atoms with Crippen molar-refractivity contribution in [1.82, 2.24) is 0 Å². The van der Waals surface area contributed by atoms with Crippen molar-refractivity contribution in [1.29, 1.82) is 0 Å². The van der Waals surface area contributed by atoms with Crippen molar-refractivity contribution < 1.29 is 0 Å². The van der Waals surface area contributed by atoms with Crippen LogP contribution in [0.4, 0.5) is 0 Å². The first kappa shape index (κ1) is 22.0. The van der Waals surface area contributed by atoms with Crippen molar-refractivity contribution in [3.05, 3.63) is 94.6 Å². The summed E-state index contributed by atoms with van der Waals surface area (Å²) in [5.74, 6) is 8.72. The highest BCUT2D eigenvalue weighted by Gasteiger charge is 2.60. The zero-order chi connectivity index (χ0) is 23.0. The smallest absolute Gasteiger partial charge is 0.0123 e. The molecule has 3 aliphatic rings. The van der Waals surface area contributed by atoms with E-state index < -0.39 is 0 Å². The van der Waals surface area contributed by atoms with E-state index in [-0.39, 0.29) is 5.41 Å². The van der Waals surface area contributed by atoms with Gasteiger partial charge in [0.25, 0.3) is 0 Å². The number of hydrogen-bond acceptors (Lipinski definition) is 0. The summed E-state index contributed by atoms with van der Waals surface area (Å²) in [4.78, 5) is 0. The lowest BCUT2D eigenvalue weighted by atomic mass is 9.68. The van der Waals surface area contributed by atoms with Gasteiger partial charge in [-0.1, -0.05) is 99.9 Å². The van der Waals surface area contributed by atoms with Gasteiger partial charge in [-0.25, -0.2) is 0 Å². The van der Waals surface area contributed by atoms with Crippen LogP contribution in [0.3, 0.4) is 0 Å². The Hall–Kier alpha value is -2.78. The third-order valence-corrected chi connectivity index (χ3v) is 8.40. The Balaban J connectivity index is 1.67. The van der Waals surface area contributed by atoms with Crippen molar-refractivity contribution in [3.8, 4) is 11.8 Å². The molecule has 2 aromatic carbocycles. The molecule has 1 saturated carbocycles. The van der Waals surface area contributed by atoms with E-state index in [1.807, 2.05) is 13.0 Å². The lowest BCUT2D eigenvalue weighted by molar-refractivity contribution is 0.450. The second-order valence-corrected chi connectivity index (χ2v) is 10.3. The summed E-state index contributed by atoms with van der Waals surface area (Å²) in [7, 11) is 0. The molecule has 0 aromatic heterocycles. The summed E-state index contributed by atoms with van der Waals surface area (Å²) >= 11 is 0. The molecule has 0 nitrogen and oxygen atoms in total. The van der Waals surface area contributed by atoms with Gasteiger partial charge in [-0.3, -0.25) is 0 Å². The van der Waals surface area contributed by atoms with Gasteiger partial charge in [0.15, 0.2) is 0 Å². The number of rotatable bonds is 6. The van der Waals surface area contributed by atoms with Gasteiger partial charge in [0.2, 0.25) is 0 Å². The molecular weight excluding hydrogens is 396 g/mol. The van der Waals surface area contributed by atoms with Crippen LogP contribution in [0.5, 0.6) is 0 Å². The molecule has 5 rings (SSSR count). The number of fused-ring (bicyclic) bond motifs is 2. The highest BCUT2D eigenvalue weighted by molar-refractivity contribution is 5.83. The molecule has 0 amide bonds. The summed E-state index contributed by atoms with van der Waals surface area (Å²) in [6, 6.07) is 17.9. The molecule has 0 bridgehead atoms. The molecule has 4 unspecified atom stereocenters. The predicted molar refractivity (Wildman–Crippen MR) is 142 cm³/mol. The van der Waals surface area contributed by atoms with Crippen molar-refractivity contribution in [2.24, 2.45) is 17.3 Å². The zero-order valence-electron chi connectivity index (χ0n) is 20.5. The molecular formula is C33H36. The average molecular weight is 433 g/mol. The Labute approximate surface area is 200 Å². The van der Waals surface area contributed by atoms with Crippen LogP contribution in [0.1, 0.15) is 81.0 Å². The van der Waals surface area contributed by atoms with E-state index in [0.717, 1.165) is 6.42 Å². The van der Waals surface area contributed by atoms with E-state index in [9.17, 15) is 0 Å². The second kappa shape index (κ2) is 8.87. The third kappa shape index (κ3) is 3.73. The fraction of sp³-hybridized carbons (Fsp3) is 0.394. The molecule has 4 atom stereocenters. The standard InChI is InChI=1S/C33H36/c1-5-8-18-33-22-32(33)30(28-17-12-9-14-24(28)7-3)21-29(31(33)13-6-2)26-19-23(4)27-16-11-10-15-25(27)20-26/h7,9-12,14-17,21,23,26,32H,3,5,8,18-20,22H2,1-2,4H3. The highest BCUT2D eigenvalue weighted by Crippen LogP contribution is 2.69. The minimum Gasteiger partial charge on any atom is -0.102 e. The van der Waals surface area contributed by atoms with Gasteiger partial charge in [0, 0.05) is 11.0 Å². The van der Waals surface area contributed by atoms with Gasteiger partial charge >= 0.3 is 0 Å². The van der Waals surface area contributed by atoms with Crippen LogP contribution in [0.15, 0.2) is 72.3 Å². The summed E-state index contributed by atoms with van der Waals surface area (Å²) in [6.07, 6.45) is 12.0. The second-order valence-electron chi connectivity index (χ2n) is 10.3. The van der Waals surface area contributed by atoms with E-state index in [1.165, 1.54) is 65.5 Å². The Morgan fingerprint density at radius 1 is 1.12 bits per heavy atom. The molecule has 0 aliphatic heterocycles. The van der Waals surface area contributed by atoms with Gasteiger partial charge < -0.3 is 0 Å². The molecule has 0 saturated heterocycles. The molecule has 168 valence electrons. The largest absolute Gasteiger partial charge is 0.102 e. The van der Waals surface area contributed by atoms with Crippen molar-refractivity contribution in [2.75, 3.05) is 0 Å². The van der Waals surface area contributed by atoms with Crippen LogP contribution in [0, 0.1) is 29.1 Å². The molecule has 0 heteroatoms. The third-order valence-electron chi connectivity index (χ3n) is 8.40. The number of hydrogen-bond donors (Lipinski definition) is 0. The van der Waals surface area contributed by atoms with Gasteiger partial charge in [-0.05, 0) is 83.8 Å². The van der Waals surface area contributed by atoms with Crippen LogP contribution in [-0.2, 0) is 6.42 Å². The first-order valence-corrected chi connectivity index (χ1v) is 12.8. The predicted octanol–water partition coefficient (Wildman–Crippen LogP) is 8.61. The molecule has 0 N–H and O–H groups in total. The first-order valence-electron chi connectivity index (χ1n) is 12.8. The van der Waals surface area contributed by atoms with E-state index in [1.54, 1.807) is 5.56 Å². The topological polar surface area (TPSA) is 0 Å². The first-order chi connectivity index (χ1) is 16.1. The van der Waals surface area contributed by atoms with Crippen molar-refractivity contribution in [2.45, 2.75) is 65.2 Å². The lowest BCUT2D eigenvalue weighted by Gasteiger charge is -2.35. The summed E-state index contributed by atoms with van der Waals surface area (Å²) in [5, 5.41) is 0. The van der Waals surface area contributed by atoms with E-state index in [4.69, 9.17) is 0 Å². The zero-order valence-corrected chi connectivity index (χ0v) is 20.5. The number of unbranched alkanes of at least 4 members (excludes halogenated alkanes) is 1. The maximum atomic E-state index is 4.12. The molecule has 1 fully saturated rings. The summed E-state index contributed by atoms with van der Waals surface area (Å²) < 4.78 is 0. The summed E-state index contributed by atoms with van der Waals surface area (Å²) in [5.41, 5.74) is 10.5. The Morgan fingerprint density at radius 2 is 1.91 bits per heavy atom. The average Bonchev–Trinajstić information content (AvgIpc) is 3.59. The highest BCUT2D eigenvalue weighted by atomic mass is 14.6. The number of benzene rings is 2. The van der Waals surface area contributed by atoms with E-state index >= 15 is 0 Å². The fourth-order valence-corrected chi connectivity index (χ4v) is 6.70. The van der Waals surface area contributed by atoms with Gasteiger partial charge in [-0.2, -0.15) is 0 Å². The Kier molecular flexibility index (Phi) is 5.92. The van der Waals surface area contributed by atoms with Gasteiger partial charge in [0.05, 0.1) is 0 Å². The van der Waals surface area contributed by atoms with E-state index in [0.29, 0.717) is 17.8 Å². The molecule has 0 spiro atoms. The molecule has 2 aromatic rings. The molecule has 0 radical (unpaired) electrons. The summed E-state index contributed by atoms with van der Waals surface area (Å²) in [6.45, 7) is 10.9. The van der Waals surface area contributed by atoms with Crippen LogP contribution in [-0.4, -0.2) is 0 Å². The fourth-order valence-electron chi connectivity index (χ4n) is 6.70. The minimum atomic E-state index is 0.243.